The summed E-state index contributed by atoms with van der Waals surface area (Å²) in [6, 6.07) is -1.70. The molecule has 1 fully saturated rings. The average Bonchev–Trinajstić information content (AvgIpc) is 2.94. The lowest BCUT2D eigenvalue weighted by Crippen LogP contribution is -2.50. The van der Waals surface area contributed by atoms with Crippen LogP contribution in [0, 0.1) is 11.5 Å². The minimum Gasteiger partial charge on any atom is -0.467 e. The highest BCUT2D eigenvalue weighted by Crippen LogP contribution is 2.35. The molecule has 0 saturated carbocycles. The topological polar surface area (TPSA) is 95.9 Å². The molecule has 2 N–H and O–H groups in total. The van der Waals surface area contributed by atoms with E-state index in [0.29, 0.717) is 0 Å². The molecule has 0 unspecified atom stereocenters. The predicted molar refractivity (Wildman–Crippen MR) is 105 cm³/mol. The lowest BCUT2D eigenvalue weighted by Gasteiger charge is -2.31. The number of carbonyl (C=O) groups is 3. The third-order valence-corrected chi connectivity index (χ3v) is 9.92. The highest BCUT2D eigenvalue weighted by molar-refractivity contribution is 6.87. The van der Waals surface area contributed by atoms with E-state index in [4.69, 9.17) is 4.74 Å². The Balaban J connectivity index is 2.89. The Morgan fingerprint density at radius 3 is 2.41 bits per heavy atom. The second-order valence-electron chi connectivity index (χ2n) is 8.54. The molecule has 0 spiro atoms. The van der Waals surface area contributed by atoms with Crippen molar-refractivity contribution in [1.82, 2.24) is 10.2 Å². The summed E-state index contributed by atoms with van der Waals surface area (Å²) in [5.41, 5.74) is 3.31. The van der Waals surface area contributed by atoms with Gasteiger partial charge in [0, 0.05) is 26.3 Å². The fourth-order valence-electron chi connectivity index (χ4n) is 2.58. The minimum atomic E-state index is -1.83. The fourth-order valence-corrected chi connectivity index (χ4v) is 3.49. The Morgan fingerprint density at radius 2 is 1.93 bits per heavy atom. The van der Waals surface area contributed by atoms with E-state index in [1.807, 2.05) is 0 Å². The normalized spacial score (nSPS) is 21.1. The Bertz CT molecular complexity index is 645. The predicted octanol–water partition coefficient (Wildman–Crippen LogP) is 1.07. The minimum absolute atomic E-state index is 0.0893. The van der Waals surface area contributed by atoms with Crippen LogP contribution in [0.15, 0.2) is 0 Å². The van der Waals surface area contributed by atoms with E-state index >= 15 is 0 Å². The van der Waals surface area contributed by atoms with Gasteiger partial charge in [0.15, 0.2) is 0 Å². The van der Waals surface area contributed by atoms with E-state index in [9.17, 15) is 19.5 Å². The first kappa shape index (κ1) is 23.2. The summed E-state index contributed by atoms with van der Waals surface area (Å²) in [5.74, 6) is 1.70. The molecule has 152 valence electrons. The van der Waals surface area contributed by atoms with Crippen molar-refractivity contribution in [3.8, 4) is 11.5 Å². The molecule has 2 amide bonds. The molecule has 0 aliphatic carbocycles. The molecule has 1 rings (SSSR count). The largest absolute Gasteiger partial charge is 0.467 e. The van der Waals surface area contributed by atoms with Gasteiger partial charge in [-0.1, -0.05) is 33.9 Å². The first-order valence-electron chi connectivity index (χ1n) is 9.13. The number of rotatable bonds is 4. The number of nitrogens with one attached hydrogen (secondary N) is 1. The molecule has 0 bridgehead atoms. The number of β-amino-alcohol motifs (C(OH)–C–C–N with tert-alkyl or cyclic N) is 1. The number of aliphatic hydroxyl groups excluding tert-OH is 1. The van der Waals surface area contributed by atoms with Gasteiger partial charge in [0.2, 0.25) is 11.8 Å². The first-order valence-corrected chi connectivity index (χ1v) is 12.1. The zero-order valence-corrected chi connectivity index (χ0v) is 18.4. The Kier molecular flexibility index (Phi) is 7.63. The number of carbonyl (C=O) groups excluding carboxylic acids is 3. The summed E-state index contributed by atoms with van der Waals surface area (Å²) in [6.45, 7) is 12.2. The summed E-state index contributed by atoms with van der Waals surface area (Å²) in [7, 11) is -0.575. The van der Waals surface area contributed by atoms with E-state index in [0.717, 1.165) is 0 Å². The van der Waals surface area contributed by atoms with Crippen molar-refractivity contribution in [1.29, 1.82) is 0 Å². The monoisotopic (exact) mass is 396 g/mol. The first-order chi connectivity index (χ1) is 12.3. The zero-order chi connectivity index (χ0) is 21.0. The van der Waals surface area contributed by atoms with Crippen LogP contribution in [0.1, 0.15) is 40.5 Å². The van der Waals surface area contributed by atoms with Crippen molar-refractivity contribution in [2.24, 2.45) is 0 Å². The van der Waals surface area contributed by atoms with Crippen molar-refractivity contribution < 1.29 is 24.2 Å². The molecule has 3 atom stereocenters. The van der Waals surface area contributed by atoms with E-state index in [2.05, 4.69) is 50.6 Å². The highest BCUT2D eigenvalue weighted by Gasteiger charge is 2.39. The number of methoxy groups -OCH3 is 1. The van der Waals surface area contributed by atoms with Crippen LogP contribution < -0.4 is 5.32 Å². The number of ether oxygens (including phenoxy) is 1. The molecule has 1 heterocycles. The van der Waals surface area contributed by atoms with Crippen molar-refractivity contribution in [2.75, 3.05) is 13.7 Å². The maximum atomic E-state index is 12.6. The van der Waals surface area contributed by atoms with Gasteiger partial charge in [-0.3, -0.25) is 9.59 Å². The van der Waals surface area contributed by atoms with Gasteiger partial charge in [-0.05, 0) is 5.04 Å². The fraction of sp³-hybridized carbons (Fsp3) is 0.737. The van der Waals surface area contributed by atoms with Gasteiger partial charge in [-0.25, -0.2) is 4.79 Å². The van der Waals surface area contributed by atoms with Crippen LogP contribution in [0.25, 0.3) is 0 Å². The number of aliphatic hydroxyl groups is 1. The average molecular weight is 397 g/mol. The van der Waals surface area contributed by atoms with Crippen LogP contribution in [0.2, 0.25) is 18.1 Å². The van der Waals surface area contributed by atoms with Crippen LogP contribution >= 0.6 is 0 Å². The molecule has 0 radical (unpaired) electrons. The smallest absolute Gasteiger partial charge is 0.329 e. The molecular weight excluding hydrogens is 364 g/mol. The number of likely N-dealkylation sites (tertiary alicyclic amines) is 1. The second-order valence-corrected chi connectivity index (χ2v) is 13.5. The van der Waals surface area contributed by atoms with Gasteiger partial charge in [-0.2, -0.15) is 0 Å². The number of nitrogens with zero attached hydrogens (tertiary/aromatic N) is 1. The molecule has 27 heavy (non-hydrogen) atoms. The number of hydrogen-bond donors (Lipinski definition) is 2. The summed E-state index contributed by atoms with van der Waals surface area (Å²) in [5, 5.41) is 12.5. The standard InChI is InChI=1S/C19H32N2O5Si/c1-13(22)21-12-14(23)11-16(21)17(24)20-15(18(25)26-5)9-8-10-27(6,7)19(2,3)4/h14-16,23H,9,11-12H2,1-7H3,(H,20,24)/t14-,15-,16+/m1/s1. The van der Waals surface area contributed by atoms with Crippen LogP contribution in [0.5, 0.6) is 0 Å². The lowest BCUT2D eigenvalue weighted by molar-refractivity contribution is -0.146. The van der Waals surface area contributed by atoms with Crippen LogP contribution in [-0.2, 0) is 19.1 Å². The molecule has 0 aromatic heterocycles. The molecule has 8 heteroatoms. The molecular formula is C19H32N2O5Si. The maximum Gasteiger partial charge on any atom is 0.329 e. The highest BCUT2D eigenvalue weighted by atomic mass is 28.3. The van der Waals surface area contributed by atoms with Gasteiger partial charge in [0.25, 0.3) is 0 Å². The quantitative estimate of drug-likeness (QED) is 0.421. The SMILES string of the molecule is COC(=O)[C@@H](CC#C[Si](C)(C)C(C)(C)C)NC(=O)[C@@H]1C[C@@H](O)CN1C(C)=O. The molecule has 0 aromatic rings. The summed E-state index contributed by atoms with van der Waals surface area (Å²) in [6.07, 6.45) is -0.463. The van der Waals surface area contributed by atoms with Crippen molar-refractivity contribution in [2.45, 2.75) is 76.9 Å². The summed E-state index contributed by atoms with van der Waals surface area (Å²) >= 11 is 0. The van der Waals surface area contributed by atoms with Crippen LogP contribution in [0.4, 0.5) is 0 Å². The van der Waals surface area contributed by atoms with E-state index in [1.165, 1.54) is 18.9 Å². The molecule has 7 nitrogen and oxygen atoms in total. The molecule has 0 aromatic carbocycles. The third kappa shape index (κ3) is 6.08. The summed E-state index contributed by atoms with van der Waals surface area (Å²) in [4.78, 5) is 37.7. The van der Waals surface area contributed by atoms with Gasteiger partial charge in [0.1, 0.15) is 20.2 Å². The number of hydrogen-bond acceptors (Lipinski definition) is 5. The van der Waals surface area contributed by atoms with Crippen LogP contribution in [-0.4, -0.2) is 67.7 Å². The van der Waals surface area contributed by atoms with Gasteiger partial charge in [-0.15, -0.1) is 11.5 Å². The third-order valence-electron chi connectivity index (χ3n) is 5.37. The maximum absolute atomic E-state index is 12.6. The Hall–Kier alpha value is -1.85. The summed E-state index contributed by atoms with van der Waals surface area (Å²) < 4.78 is 4.78. The van der Waals surface area contributed by atoms with E-state index < -0.39 is 38.1 Å². The van der Waals surface area contributed by atoms with E-state index in [1.54, 1.807) is 0 Å². The second kappa shape index (κ2) is 8.89. The Morgan fingerprint density at radius 1 is 1.33 bits per heavy atom. The molecule has 1 saturated heterocycles. The molecule has 1 aliphatic heterocycles. The van der Waals surface area contributed by atoms with E-state index in [-0.39, 0.29) is 30.3 Å². The van der Waals surface area contributed by atoms with Crippen LogP contribution in [0.3, 0.4) is 0 Å². The number of esters is 1. The van der Waals surface area contributed by atoms with Gasteiger partial charge < -0.3 is 20.1 Å². The van der Waals surface area contributed by atoms with Crippen molar-refractivity contribution >= 4 is 25.9 Å². The lowest BCUT2D eigenvalue weighted by atomic mass is 10.1. The van der Waals surface area contributed by atoms with Crippen molar-refractivity contribution in [3.05, 3.63) is 0 Å². The number of amides is 2. The van der Waals surface area contributed by atoms with Gasteiger partial charge >= 0.3 is 5.97 Å². The zero-order valence-electron chi connectivity index (χ0n) is 17.4. The Labute approximate surface area is 162 Å². The van der Waals surface area contributed by atoms with Crippen molar-refractivity contribution in [3.63, 3.8) is 0 Å². The van der Waals surface area contributed by atoms with Gasteiger partial charge in [0.05, 0.1) is 13.2 Å². The molecule has 1 aliphatic rings.